The summed E-state index contributed by atoms with van der Waals surface area (Å²) in [7, 11) is 0. The van der Waals surface area contributed by atoms with E-state index in [0.717, 1.165) is 24.1 Å². The third-order valence-corrected chi connectivity index (χ3v) is 4.54. The van der Waals surface area contributed by atoms with Gasteiger partial charge in [-0.15, -0.1) is 0 Å². The van der Waals surface area contributed by atoms with E-state index in [1.165, 1.54) is 12.1 Å². The molecule has 4 N–H and O–H groups in total. The van der Waals surface area contributed by atoms with Crippen LogP contribution in [0.25, 0.3) is 0 Å². The van der Waals surface area contributed by atoms with E-state index in [1.54, 1.807) is 0 Å². The molecule has 0 radical (unpaired) electrons. The number of anilines is 1. The van der Waals surface area contributed by atoms with Crippen LogP contribution in [0, 0.1) is 11.7 Å². The number of carbonyl (C=O) groups excluding carboxylic acids is 2. The SMILES string of the molecule is C[C@H](C(=O)Nc1ccc(F)cc1Cl)[NH+]1CCC(C(N)=O)CC1. The standard InChI is InChI=1S/C15H19ClFN3O2/c1-9(20-6-4-10(5-7-20)14(18)21)15(22)19-13-3-2-11(17)8-12(13)16/h2-3,8-10H,4-7H2,1H3,(H2,18,21)(H,19,22)/p+1/t9-/m1/s1. The maximum absolute atomic E-state index is 13.0. The van der Waals surface area contributed by atoms with E-state index in [-0.39, 0.29) is 28.8 Å². The van der Waals surface area contributed by atoms with Gasteiger partial charge in [0.2, 0.25) is 5.91 Å². The monoisotopic (exact) mass is 328 g/mol. The van der Waals surface area contributed by atoms with Gasteiger partial charge >= 0.3 is 0 Å². The molecule has 1 aromatic rings. The number of benzene rings is 1. The number of hydrogen-bond donors (Lipinski definition) is 3. The molecule has 0 saturated carbocycles. The van der Waals surface area contributed by atoms with Gasteiger partial charge in [-0.2, -0.15) is 0 Å². The van der Waals surface area contributed by atoms with Gasteiger partial charge in [-0.05, 0) is 25.1 Å². The normalized spacial score (nSPS) is 22.9. The Bertz CT molecular complexity index is 574. The van der Waals surface area contributed by atoms with Gasteiger partial charge in [-0.25, -0.2) is 4.39 Å². The molecule has 22 heavy (non-hydrogen) atoms. The lowest BCUT2D eigenvalue weighted by atomic mass is 9.95. The molecule has 5 nitrogen and oxygen atoms in total. The van der Waals surface area contributed by atoms with E-state index in [4.69, 9.17) is 17.3 Å². The lowest BCUT2D eigenvalue weighted by molar-refractivity contribution is -0.919. The summed E-state index contributed by atoms with van der Waals surface area (Å²) in [5.74, 6) is -0.990. The molecule has 7 heteroatoms. The third-order valence-electron chi connectivity index (χ3n) is 4.22. The topological polar surface area (TPSA) is 76.6 Å². The smallest absolute Gasteiger partial charge is 0.282 e. The van der Waals surface area contributed by atoms with Gasteiger partial charge in [0, 0.05) is 18.8 Å². The minimum Gasteiger partial charge on any atom is -0.369 e. The van der Waals surface area contributed by atoms with Gasteiger partial charge in [-0.3, -0.25) is 9.59 Å². The summed E-state index contributed by atoms with van der Waals surface area (Å²) in [6.07, 6.45) is 1.39. The highest BCUT2D eigenvalue weighted by atomic mass is 35.5. The Morgan fingerprint density at radius 2 is 2.05 bits per heavy atom. The van der Waals surface area contributed by atoms with E-state index in [0.29, 0.717) is 18.5 Å². The van der Waals surface area contributed by atoms with Crippen LogP contribution >= 0.6 is 11.6 Å². The first-order valence-corrected chi connectivity index (χ1v) is 7.66. The Balaban J connectivity index is 1.94. The molecule has 0 bridgehead atoms. The summed E-state index contributed by atoms with van der Waals surface area (Å²) in [5, 5.41) is 2.89. The van der Waals surface area contributed by atoms with E-state index in [1.807, 2.05) is 6.92 Å². The largest absolute Gasteiger partial charge is 0.369 e. The van der Waals surface area contributed by atoms with Crippen molar-refractivity contribution in [1.29, 1.82) is 0 Å². The Morgan fingerprint density at radius 3 is 2.59 bits per heavy atom. The molecule has 0 spiro atoms. The highest BCUT2D eigenvalue weighted by Crippen LogP contribution is 2.22. The highest BCUT2D eigenvalue weighted by molar-refractivity contribution is 6.33. The fourth-order valence-corrected chi connectivity index (χ4v) is 2.94. The molecular formula is C15H20ClFN3O2+. The summed E-state index contributed by atoms with van der Waals surface area (Å²) in [6, 6.07) is 3.57. The summed E-state index contributed by atoms with van der Waals surface area (Å²) in [5.41, 5.74) is 5.70. The highest BCUT2D eigenvalue weighted by Gasteiger charge is 2.32. The minimum absolute atomic E-state index is 0.0921. The van der Waals surface area contributed by atoms with Crippen molar-refractivity contribution in [2.45, 2.75) is 25.8 Å². The van der Waals surface area contributed by atoms with Gasteiger partial charge < -0.3 is 16.0 Å². The molecule has 1 aliphatic heterocycles. The van der Waals surface area contributed by atoms with Crippen molar-refractivity contribution in [2.24, 2.45) is 11.7 Å². The number of primary amides is 1. The van der Waals surface area contributed by atoms with Crippen LogP contribution in [-0.4, -0.2) is 30.9 Å². The van der Waals surface area contributed by atoms with Crippen molar-refractivity contribution in [3.05, 3.63) is 29.0 Å². The van der Waals surface area contributed by atoms with Gasteiger partial charge in [0.1, 0.15) is 5.82 Å². The minimum atomic E-state index is -0.449. The Labute approximate surface area is 133 Å². The molecule has 0 unspecified atom stereocenters. The molecule has 2 amide bonds. The summed E-state index contributed by atoms with van der Waals surface area (Å²) in [6.45, 7) is 3.27. The summed E-state index contributed by atoms with van der Waals surface area (Å²) < 4.78 is 13.0. The van der Waals surface area contributed by atoms with Crippen LogP contribution in [-0.2, 0) is 9.59 Å². The van der Waals surface area contributed by atoms with E-state index in [9.17, 15) is 14.0 Å². The summed E-state index contributed by atoms with van der Waals surface area (Å²) >= 11 is 5.91. The number of quaternary nitrogens is 1. The van der Waals surface area contributed by atoms with Crippen LogP contribution in [0.3, 0.4) is 0 Å². The Kier molecular flexibility index (Phi) is 5.37. The molecule has 1 heterocycles. The van der Waals surface area contributed by atoms with Crippen LogP contribution in [0.4, 0.5) is 10.1 Å². The van der Waals surface area contributed by atoms with Crippen molar-refractivity contribution >= 4 is 29.1 Å². The first-order chi connectivity index (χ1) is 10.4. The molecule has 1 fully saturated rings. The zero-order chi connectivity index (χ0) is 16.3. The van der Waals surface area contributed by atoms with E-state index >= 15 is 0 Å². The van der Waals surface area contributed by atoms with Gasteiger partial charge in [0.15, 0.2) is 6.04 Å². The first kappa shape index (κ1) is 16.7. The van der Waals surface area contributed by atoms with Crippen LogP contribution in [0.5, 0.6) is 0 Å². The van der Waals surface area contributed by atoms with Crippen LogP contribution in [0.15, 0.2) is 18.2 Å². The fraction of sp³-hybridized carbons (Fsp3) is 0.467. The molecular weight excluding hydrogens is 309 g/mol. The second-order valence-electron chi connectivity index (χ2n) is 5.67. The number of hydrogen-bond acceptors (Lipinski definition) is 2. The predicted molar refractivity (Wildman–Crippen MR) is 82.1 cm³/mol. The molecule has 1 atom stereocenters. The molecule has 1 aliphatic rings. The number of rotatable bonds is 4. The number of piperidine rings is 1. The average molecular weight is 329 g/mol. The molecule has 1 saturated heterocycles. The van der Waals surface area contributed by atoms with Crippen LogP contribution in [0.1, 0.15) is 19.8 Å². The van der Waals surface area contributed by atoms with Gasteiger partial charge in [-0.1, -0.05) is 11.6 Å². The lowest BCUT2D eigenvalue weighted by Gasteiger charge is -2.31. The van der Waals surface area contributed by atoms with Crippen LogP contribution in [0.2, 0.25) is 5.02 Å². The second kappa shape index (κ2) is 7.07. The molecule has 0 aliphatic carbocycles. The number of carbonyl (C=O) groups is 2. The van der Waals surface area contributed by atoms with E-state index in [2.05, 4.69) is 5.32 Å². The number of amides is 2. The number of likely N-dealkylation sites (tertiary alicyclic amines) is 1. The van der Waals surface area contributed by atoms with Crippen molar-refractivity contribution in [2.75, 3.05) is 18.4 Å². The lowest BCUT2D eigenvalue weighted by Crippen LogP contribution is -3.17. The number of halogens is 2. The fourth-order valence-electron chi connectivity index (χ4n) is 2.72. The third kappa shape index (κ3) is 3.96. The van der Waals surface area contributed by atoms with Crippen molar-refractivity contribution in [3.8, 4) is 0 Å². The Hall–Kier alpha value is -1.66. The van der Waals surface area contributed by atoms with Gasteiger partial charge in [0.05, 0.1) is 23.8 Å². The maximum Gasteiger partial charge on any atom is 0.282 e. The molecule has 1 aromatic carbocycles. The average Bonchev–Trinajstić information content (AvgIpc) is 2.49. The van der Waals surface area contributed by atoms with Crippen LogP contribution < -0.4 is 16.0 Å². The Morgan fingerprint density at radius 1 is 1.41 bits per heavy atom. The van der Waals surface area contributed by atoms with Crippen molar-refractivity contribution in [1.82, 2.24) is 0 Å². The number of nitrogens with one attached hydrogen (secondary N) is 2. The maximum atomic E-state index is 13.0. The van der Waals surface area contributed by atoms with Gasteiger partial charge in [0.25, 0.3) is 5.91 Å². The first-order valence-electron chi connectivity index (χ1n) is 7.28. The van der Waals surface area contributed by atoms with E-state index < -0.39 is 5.82 Å². The molecule has 0 aromatic heterocycles. The zero-order valence-corrected chi connectivity index (χ0v) is 13.1. The quantitative estimate of drug-likeness (QED) is 0.756. The molecule has 2 rings (SSSR count). The summed E-state index contributed by atoms with van der Waals surface area (Å²) in [4.78, 5) is 24.6. The predicted octanol–water partition coefficient (Wildman–Crippen LogP) is 0.586. The van der Waals surface area contributed by atoms with Crippen molar-refractivity contribution < 1.29 is 18.9 Å². The van der Waals surface area contributed by atoms with Crippen molar-refractivity contribution in [3.63, 3.8) is 0 Å². The zero-order valence-electron chi connectivity index (χ0n) is 12.4. The molecule has 120 valence electrons. The number of nitrogens with two attached hydrogens (primary N) is 1. The second-order valence-corrected chi connectivity index (χ2v) is 6.08.